The van der Waals surface area contributed by atoms with E-state index in [0.29, 0.717) is 24.7 Å². The largest absolute Gasteiger partial charge is 0.512 e. The summed E-state index contributed by atoms with van der Waals surface area (Å²) in [6.45, 7) is 12.1. The summed E-state index contributed by atoms with van der Waals surface area (Å²) in [6, 6.07) is 23.3. The third-order valence-corrected chi connectivity index (χ3v) is 6.52. The number of fused-ring (bicyclic) bond motifs is 5. The van der Waals surface area contributed by atoms with Crippen LogP contribution in [0.2, 0.25) is 0 Å². The molecule has 3 aromatic carbocycles. The van der Waals surface area contributed by atoms with Gasteiger partial charge in [0.15, 0.2) is 11.6 Å². The molecule has 0 amide bonds. The molecule has 1 N–H and O–H groups in total. The van der Waals surface area contributed by atoms with Crippen LogP contribution < -0.4 is 0 Å². The smallest absolute Gasteiger partial charge is 0.194 e. The second kappa shape index (κ2) is 13.3. The number of carbonyl (C=O) groups excluding carboxylic acids is 2. The number of aryl methyl sites for hydroxylation is 2. The molecule has 0 spiro atoms. The summed E-state index contributed by atoms with van der Waals surface area (Å²) in [6.07, 6.45) is 2.46. The van der Waals surface area contributed by atoms with Crippen molar-refractivity contribution < 1.29 is 34.8 Å². The SMILES string of the molecule is CC(C)CC(=O)/C=C(\O)CC(C)C.Cc1[c-]c(-c2nc3ccccc3c3c2-c2ccccc2C3=O)cc(C)c1.[Ir]. The van der Waals surface area contributed by atoms with E-state index in [4.69, 9.17) is 4.98 Å². The van der Waals surface area contributed by atoms with Crippen LogP contribution in [0, 0.1) is 31.7 Å². The van der Waals surface area contributed by atoms with Crippen LogP contribution in [-0.4, -0.2) is 21.7 Å². The van der Waals surface area contributed by atoms with E-state index in [1.807, 2.05) is 83.1 Å². The Morgan fingerprint density at radius 2 is 1.52 bits per heavy atom. The third-order valence-electron chi connectivity index (χ3n) is 6.52. The number of aliphatic hydroxyl groups is 1. The van der Waals surface area contributed by atoms with Gasteiger partial charge < -0.3 is 5.11 Å². The van der Waals surface area contributed by atoms with Crippen molar-refractivity contribution in [3.8, 4) is 22.4 Å². The monoisotopic (exact) mass is 711 g/mol. The Labute approximate surface area is 250 Å². The Kier molecular flexibility index (Phi) is 10.4. The number of aromatic nitrogens is 1. The van der Waals surface area contributed by atoms with Gasteiger partial charge in [-0.1, -0.05) is 84.0 Å². The van der Waals surface area contributed by atoms with Crippen LogP contribution in [0.1, 0.15) is 67.6 Å². The Morgan fingerprint density at radius 3 is 2.17 bits per heavy atom. The number of ketones is 2. The van der Waals surface area contributed by atoms with Gasteiger partial charge in [-0.25, -0.2) is 0 Å². The molecule has 1 aliphatic rings. The minimum absolute atomic E-state index is 0. The molecule has 5 heteroatoms. The molecule has 0 fully saturated rings. The summed E-state index contributed by atoms with van der Waals surface area (Å²) in [7, 11) is 0. The van der Waals surface area contributed by atoms with E-state index in [0.717, 1.165) is 55.5 Å². The molecular formula is C35H36IrNO3-. The second-order valence-electron chi connectivity index (χ2n) is 11.2. The number of benzene rings is 3. The summed E-state index contributed by atoms with van der Waals surface area (Å²) in [4.78, 5) is 29.3. The van der Waals surface area contributed by atoms with E-state index < -0.39 is 0 Å². The number of aliphatic hydroxyl groups excluding tert-OH is 1. The van der Waals surface area contributed by atoms with Crippen molar-refractivity contribution in [1.82, 2.24) is 4.98 Å². The van der Waals surface area contributed by atoms with Crippen molar-refractivity contribution in [1.29, 1.82) is 0 Å². The summed E-state index contributed by atoms with van der Waals surface area (Å²) in [5.74, 6) is 1.06. The molecule has 4 aromatic rings. The van der Waals surface area contributed by atoms with Gasteiger partial charge in [0.05, 0.1) is 11.3 Å². The summed E-state index contributed by atoms with van der Waals surface area (Å²) >= 11 is 0. The maximum Gasteiger partial charge on any atom is 0.194 e. The minimum Gasteiger partial charge on any atom is -0.512 e. The Hall–Kier alpha value is -3.40. The molecule has 0 bridgehead atoms. The predicted molar refractivity (Wildman–Crippen MR) is 159 cm³/mol. The maximum absolute atomic E-state index is 13.2. The van der Waals surface area contributed by atoms with E-state index in [1.54, 1.807) is 0 Å². The number of carbonyl (C=O) groups is 2. The van der Waals surface area contributed by atoms with Crippen LogP contribution >= 0.6 is 0 Å². The molecule has 0 aliphatic heterocycles. The Balaban J connectivity index is 0.000000272. The number of nitrogens with zero attached hydrogens (tertiary/aromatic N) is 1. The summed E-state index contributed by atoms with van der Waals surface area (Å²) < 4.78 is 0. The first-order valence-electron chi connectivity index (χ1n) is 13.5. The van der Waals surface area contributed by atoms with Gasteiger partial charge in [-0.15, -0.1) is 34.9 Å². The number of hydrogen-bond acceptors (Lipinski definition) is 4. The van der Waals surface area contributed by atoms with Crippen molar-refractivity contribution in [2.24, 2.45) is 11.8 Å². The summed E-state index contributed by atoms with van der Waals surface area (Å²) in [5.41, 5.74) is 8.27. The number of hydrogen-bond donors (Lipinski definition) is 1. The van der Waals surface area contributed by atoms with Crippen LogP contribution in [0.25, 0.3) is 33.3 Å². The van der Waals surface area contributed by atoms with Crippen molar-refractivity contribution in [2.45, 2.75) is 54.4 Å². The van der Waals surface area contributed by atoms with Crippen molar-refractivity contribution in [2.75, 3.05) is 0 Å². The molecule has 0 saturated heterocycles. The quantitative estimate of drug-likeness (QED) is 0.109. The topological polar surface area (TPSA) is 67.3 Å². The first-order valence-corrected chi connectivity index (χ1v) is 13.5. The molecule has 209 valence electrons. The number of para-hydroxylation sites is 1. The molecule has 1 aliphatic carbocycles. The molecule has 1 heterocycles. The zero-order chi connectivity index (χ0) is 28.3. The van der Waals surface area contributed by atoms with Gasteiger partial charge in [-0.05, 0) is 34.7 Å². The minimum atomic E-state index is 0. The molecule has 1 radical (unpaired) electrons. The first kappa shape index (κ1) is 31.1. The Bertz CT molecular complexity index is 1560. The standard InChI is InChI=1S/C24H16NO.C11H20O2.Ir/c1-14-11-15(2)13-16(12-14)23-21-17-7-3-4-8-18(17)24(26)22(21)19-9-5-6-10-20(19)25-23;1-8(2)5-10(12)7-11(13)6-9(3)4;/h3-12H,1-2H3;7-9,12H,5-6H2,1-4H3;/q-1;;/b;10-7-;. The Morgan fingerprint density at radius 1 is 0.900 bits per heavy atom. The van der Waals surface area contributed by atoms with E-state index in [1.165, 1.54) is 6.08 Å². The average molecular weight is 711 g/mol. The van der Waals surface area contributed by atoms with Gasteiger partial charge in [0.2, 0.25) is 0 Å². The van der Waals surface area contributed by atoms with Gasteiger partial charge >= 0.3 is 0 Å². The molecular weight excluding hydrogens is 675 g/mol. The van der Waals surface area contributed by atoms with Crippen LogP contribution in [0.5, 0.6) is 0 Å². The third kappa shape index (κ3) is 7.02. The molecule has 0 saturated carbocycles. The van der Waals surface area contributed by atoms with E-state index in [-0.39, 0.29) is 37.4 Å². The van der Waals surface area contributed by atoms with Crippen LogP contribution in [-0.2, 0) is 24.9 Å². The second-order valence-corrected chi connectivity index (χ2v) is 11.2. The van der Waals surface area contributed by atoms with Gasteiger partial charge in [-0.3, -0.25) is 14.6 Å². The zero-order valence-corrected chi connectivity index (χ0v) is 26.4. The average Bonchev–Trinajstić information content (AvgIpc) is 3.15. The molecule has 4 nitrogen and oxygen atoms in total. The van der Waals surface area contributed by atoms with Crippen molar-refractivity contribution in [3.63, 3.8) is 0 Å². The number of allylic oxidation sites excluding steroid dienone is 2. The molecule has 40 heavy (non-hydrogen) atoms. The molecule has 1 aromatic heterocycles. The predicted octanol–water partition coefficient (Wildman–Crippen LogP) is 8.62. The van der Waals surface area contributed by atoms with Crippen LogP contribution in [0.15, 0.2) is 72.5 Å². The fourth-order valence-corrected chi connectivity index (χ4v) is 5.09. The van der Waals surface area contributed by atoms with Gasteiger partial charge in [0.1, 0.15) is 0 Å². The fraction of sp³-hybridized carbons (Fsp3) is 0.286. The maximum atomic E-state index is 13.2. The van der Waals surface area contributed by atoms with E-state index in [9.17, 15) is 14.7 Å². The summed E-state index contributed by atoms with van der Waals surface area (Å²) in [5, 5.41) is 10.3. The molecule has 0 unspecified atom stereocenters. The van der Waals surface area contributed by atoms with E-state index in [2.05, 4.69) is 25.1 Å². The van der Waals surface area contributed by atoms with Crippen LogP contribution in [0.4, 0.5) is 0 Å². The van der Waals surface area contributed by atoms with Crippen molar-refractivity contribution >= 4 is 22.5 Å². The normalized spacial score (nSPS) is 12.1. The molecule has 0 atom stereocenters. The van der Waals surface area contributed by atoms with Gasteiger partial charge in [0, 0.05) is 55.5 Å². The fourth-order valence-electron chi connectivity index (χ4n) is 5.09. The van der Waals surface area contributed by atoms with Gasteiger partial charge in [0.25, 0.3) is 0 Å². The number of pyridine rings is 1. The van der Waals surface area contributed by atoms with E-state index >= 15 is 0 Å². The number of rotatable bonds is 6. The molecule has 5 rings (SSSR count). The zero-order valence-electron chi connectivity index (χ0n) is 24.0. The van der Waals surface area contributed by atoms with Crippen molar-refractivity contribution in [3.05, 3.63) is 101 Å². The van der Waals surface area contributed by atoms with Crippen LogP contribution in [0.3, 0.4) is 0 Å². The first-order chi connectivity index (χ1) is 18.5. The van der Waals surface area contributed by atoms with Gasteiger partial charge in [-0.2, -0.15) is 0 Å².